The number of hydrogen-bond donors (Lipinski definition) is 2. The van der Waals surface area contributed by atoms with Gasteiger partial charge in [0.15, 0.2) is 11.5 Å². The Hall–Kier alpha value is -1.77. The third kappa shape index (κ3) is 3.46. The van der Waals surface area contributed by atoms with Crippen LogP contribution in [-0.2, 0) is 6.61 Å². The zero-order valence-electron chi connectivity index (χ0n) is 12.6. The first-order valence-electron chi connectivity index (χ1n) is 7.27. The predicted octanol–water partition coefficient (Wildman–Crippen LogP) is 1.99. The van der Waals surface area contributed by atoms with Crippen molar-refractivity contribution in [1.82, 2.24) is 5.32 Å². The molecule has 0 saturated heterocycles. The van der Waals surface area contributed by atoms with Crippen molar-refractivity contribution in [3.8, 4) is 17.6 Å². The zero-order valence-corrected chi connectivity index (χ0v) is 12.6. The molecule has 1 aliphatic carbocycles. The molecule has 1 saturated carbocycles. The van der Waals surface area contributed by atoms with E-state index in [0.717, 1.165) is 24.9 Å². The van der Waals surface area contributed by atoms with Gasteiger partial charge in [0.2, 0.25) is 0 Å². The summed E-state index contributed by atoms with van der Waals surface area (Å²) in [5.74, 6) is 1.27. The number of hydrogen-bond acceptors (Lipinski definition) is 5. The van der Waals surface area contributed by atoms with Crippen LogP contribution in [-0.4, -0.2) is 30.4 Å². The zero-order chi connectivity index (χ0) is 15.3. The Morgan fingerprint density at radius 3 is 2.90 bits per heavy atom. The molecule has 0 spiro atoms. The number of nitrogens with one attached hydrogen (secondary N) is 1. The molecule has 2 N–H and O–H groups in total. The van der Waals surface area contributed by atoms with Crippen molar-refractivity contribution in [3.05, 3.63) is 23.8 Å². The van der Waals surface area contributed by atoms with E-state index in [-0.39, 0.29) is 12.7 Å². The molecule has 0 heterocycles. The summed E-state index contributed by atoms with van der Waals surface area (Å²) in [5, 5.41) is 21.8. The number of methoxy groups -OCH3 is 1. The molecule has 5 heteroatoms. The van der Waals surface area contributed by atoms with E-state index in [9.17, 15) is 5.26 Å². The number of benzene rings is 1. The van der Waals surface area contributed by atoms with E-state index in [1.165, 1.54) is 0 Å². The van der Waals surface area contributed by atoms with Gasteiger partial charge < -0.3 is 14.6 Å². The van der Waals surface area contributed by atoms with E-state index in [1.54, 1.807) is 13.2 Å². The van der Waals surface area contributed by atoms with E-state index in [2.05, 4.69) is 11.4 Å². The first-order chi connectivity index (χ1) is 10.2. The molecule has 2 atom stereocenters. The van der Waals surface area contributed by atoms with Gasteiger partial charge in [-0.1, -0.05) is 13.0 Å². The maximum Gasteiger partial charge on any atom is 0.161 e. The molecule has 0 amide bonds. The summed E-state index contributed by atoms with van der Waals surface area (Å²) in [6.45, 7) is 2.75. The molecule has 0 radical (unpaired) electrons. The van der Waals surface area contributed by atoms with Crippen molar-refractivity contribution in [2.75, 3.05) is 13.7 Å². The van der Waals surface area contributed by atoms with Crippen LogP contribution in [0, 0.1) is 11.3 Å². The molecule has 0 aliphatic heterocycles. The second-order valence-corrected chi connectivity index (χ2v) is 5.35. The molecule has 1 aromatic rings. The van der Waals surface area contributed by atoms with Crippen LogP contribution in [0.3, 0.4) is 0 Å². The Morgan fingerprint density at radius 2 is 2.29 bits per heavy atom. The van der Waals surface area contributed by atoms with E-state index in [1.807, 2.05) is 19.1 Å². The summed E-state index contributed by atoms with van der Waals surface area (Å²) in [5.41, 5.74) is 0.308. The molecule has 1 fully saturated rings. The highest BCUT2D eigenvalue weighted by molar-refractivity contribution is 5.43. The fraction of sp³-hybridized carbons (Fsp3) is 0.562. The van der Waals surface area contributed by atoms with Crippen molar-refractivity contribution < 1.29 is 14.6 Å². The lowest BCUT2D eigenvalue weighted by atomic mass is 10.00. The van der Waals surface area contributed by atoms with Crippen molar-refractivity contribution in [3.63, 3.8) is 0 Å². The Balaban J connectivity index is 2.08. The fourth-order valence-corrected chi connectivity index (χ4v) is 2.83. The van der Waals surface area contributed by atoms with E-state index < -0.39 is 5.54 Å². The van der Waals surface area contributed by atoms with Gasteiger partial charge in [-0.25, -0.2) is 0 Å². The standard InChI is InChI=1S/C16H22N2O3/c1-3-18-16(11-17)7-6-13(9-16)21-14-5-4-12(10-19)8-15(14)20-2/h4-5,8,13,18-19H,3,6-7,9-10H2,1-2H3. The maximum atomic E-state index is 9.38. The maximum absolute atomic E-state index is 9.38. The van der Waals surface area contributed by atoms with Gasteiger partial charge in [-0.2, -0.15) is 5.26 Å². The van der Waals surface area contributed by atoms with Gasteiger partial charge in [0.1, 0.15) is 11.6 Å². The van der Waals surface area contributed by atoms with Gasteiger partial charge in [0, 0.05) is 6.42 Å². The van der Waals surface area contributed by atoms with Crippen LogP contribution in [0.25, 0.3) is 0 Å². The van der Waals surface area contributed by atoms with Crippen molar-refractivity contribution in [2.24, 2.45) is 0 Å². The SMILES string of the molecule is CCNC1(C#N)CCC(Oc2ccc(CO)cc2OC)C1. The molecule has 0 aromatic heterocycles. The van der Waals surface area contributed by atoms with Gasteiger partial charge in [-0.3, -0.25) is 5.32 Å². The molecule has 1 aliphatic rings. The van der Waals surface area contributed by atoms with Crippen molar-refractivity contribution in [2.45, 2.75) is 44.4 Å². The van der Waals surface area contributed by atoms with Gasteiger partial charge >= 0.3 is 0 Å². The molecule has 21 heavy (non-hydrogen) atoms. The monoisotopic (exact) mass is 290 g/mol. The third-order valence-corrected chi connectivity index (χ3v) is 3.90. The lowest BCUT2D eigenvalue weighted by Crippen LogP contribution is -2.42. The summed E-state index contributed by atoms with van der Waals surface area (Å²) >= 11 is 0. The summed E-state index contributed by atoms with van der Waals surface area (Å²) in [4.78, 5) is 0. The molecule has 2 rings (SSSR count). The number of nitrogens with zero attached hydrogens (tertiary/aromatic N) is 1. The first kappa shape index (κ1) is 15.6. The van der Waals surface area contributed by atoms with Crippen LogP contribution in [0.2, 0.25) is 0 Å². The van der Waals surface area contributed by atoms with E-state index >= 15 is 0 Å². The summed E-state index contributed by atoms with van der Waals surface area (Å²) in [6.07, 6.45) is 2.30. The number of aliphatic hydroxyl groups is 1. The van der Waals surface area contributed by atoms with Crippen LogP contribution < -0.4 is 14.8 Å². The number of aliphatic hydroxyl groups excluding tert-OH is 1. The second kappa shape index (κ2) is 6.79. The summed E-state index contributed by atoms with van der Waals surface area (Å²) in [6, 6.07) is 7.78. The molecule has 2 unspecified atom stereocenters. The molecular formula is C16H22N2O3. The minimum atomic E-state index is -0.475. The van der Waals surface area contributed by atoms with Crippen LogP contribution in [0.5, 0.6) is 11.5 Å². The van der Waals surface area contributed by atoms with Gasteiger partial charge in [-0.05, 0) is 37.1 Å². The highest BCUT2D eigenvalue weighted by Crippen LogP contribution is 2.36. The van der Waals surface area contributed by atoms with E-state index in [0.29, 0.717) is 17.9 Å². The average molecular weight is 290 g/mol. The number of rotatable bonds is 6. The molecule has 5 nitrogen and oxygen atoms in total. The molecule has 1 aromatic carbocycles. The fourth-order valence-electron chi connectivity index (χ4n) is 2.83. The normalized spacial score (nSPS) is 24.6. The Labute approximate surface area is 125 Å². The van der Waals surface area contributed by atoms with Gasteiger partial charge in [0.25, 0.3) is 0 Å². The van der Waals surface area contributed by atoms with Gasteiger partial charge in [-0.15, -0.1) is 0 Å². The predicted molar refractivity (Wildman–Crippen MR) is 79.2 cm³/mol. The Kier molecular flexibility index (Phi) is 5.05. The minimum absolute atomic E-state index is 0.00224. The lowest BCUT2D eigenvalue weighted by Gasteiger charge is -2.22. The third-order valence-electron chi connectivity index (χ3n) is 3.90. The van der Waals surface area contributed by atoms with Crippen molar-refractivity contribution in [1.29, 1.82) is 5.26 Å². The second-order valence-electron chi connectivity index (χ2n) is 5.35. The number of ether oxygens (including phenoxy) is 2. The van der Waals surface area contributed by atoms with Crippen LogP contribution in [0.1, 0.15) is 31.7 Å². The average Bonchev–Trinajstić information content (AvgIpc) is 2.91. The topological polar surface area (TPSA) is 74.5 Å². The summed E-state index contributed by atoms with van der Waals surface area (Å²) in [7, 11) is 1.58. The van der Waals surface area contributed by atoms with Gasteiger partial charge in [0.05, 0.1) is 19.8 Å². The van der Waals surface area contributed by atoms with Crippen LogP contribution in [0.4, 0.5) is 0 Å². The van der Waals surface area contributed by atoms with Crippen molar-refractivity contribution >= 4 is 0 Å². The van der Waals surface area contributed by atoms with Crippen LogP contribution in [0.15, 0.2) is 18.2 Å². The Morgan fingerprint density at radius 1 is 1.48 bits per heavy atom. The lowest BCUT2D eigenvalue weighted by molar-refractivity contribution is 0.192. The smallest absolute Gasteiger partial charge is 0.161 e. The number of nitriles is 1. The molecule has 114 valence electrons. The van der Waals surface area contributed by atoms with Crippen LogP contribution >= 0.6 is 0 Å². The highest BCUT2D eigenvalue weighted by atomic mass is 16.5. The quantitative estimate of drug-likeness (QED) is 0.838. The highest BCUT2D eigenvalue weighted by Gasteiger charge is 2.40. The largest absolute Gasteiger partial charge is 0.493 e. The molecule has 0 bridgehead atoms. The minimum Gasteiger partial charge on any atom is -0.493 e. The summed E-state index contributed by atoms with van der Waals surface area (Å²) < 4.78 is 11.3. The van der Waals surface area contributed by atoms with E-state index in [4.69, 9.17) is 14.6 Å². The Bertz CT molecular complexity index is 527. The molecular weight excluding hydrogens is 268 g/mol. The first-order valence-corrected chi connectivity index (χ1v) is 7.27.